The third kappa shape index (κ3) is 3.45. The Hall–Kier alpha value is -2.95. The molecule has 0 aliphatic heterocycles. The number of nitrogens with zero attached hydrogens (tertiary/aromatic N) is 1. The minimum Gasteiger partial charge on any atom is -0.481 e. The normalized spacial score (nSPS) is 11.9. The summed E-state index contributed by atoms with van der Waals surface area (Å²) in [5, 5.41) is 3.76. The van der Waals surface area contributed by atoms with Crippen molar-refractivity contribution in [2.75, 3.05) is 5.32 Å². The van der Waals surface area contributed by atoms with Crippen molar-refractivity contribution < 1.29 is 13.9 Å². The molecule has 2 aromatic carbocycles. The lowest BCUT2D eigenvalue weighted by molar-refractivity contribution is -0.122. The van der Waals surface area contributed by atoms with Crippen LogP contribution in [0.5, 0.6) is 5.75 Å². The molecule has 1 aromatic heterocycles. The van der Waals surface area contributed by atoms with Crippen molar-refractivity contribution in [3.05, 3.63) is 66.6 Å². The Labute approximate surface area is 132 Å². The summed E-state index contributed by atoms with van der Waals surface area (Å²) in [5.74, 6) is -0.214. The van der Waals surface area contributed by atoms with Crippen LogP contribution in [0.15, 0.2) is 60.8 Å². The lowest BCUT2D eigenvalue weighted by Gasteiger charge is -2.15. The van der Waals surface area contributed by atoms with Gasteiger partial charge in [-0.15, -0.1) is 0 Å². The Balaban J connectivity index is 1.74. The summed E-state index contributed by atoms with van der Waals surface area (Å²) in [6.07, 6.45) is 0.954. The average Bonchev–Trinajstić information content (AvgIpc) is 2.57. The molecule has 23 heavy (non-hydrogen) atoms. The smallest absolute Gasteiger partial charge is 0.265 e. The molecule has 1 atom stereocenters. The maximum absolute atomic E-state index is 12.9. The number of ether oxygens (including phenoxy) is 1. The summed E-state index contributed by atoms with van der Waals surface area (Å²) < 4.78 is 18.4. The highest BCUT2D eigenvalue weighted by Crippen LogP contribution is 2.21. The molecule has 3 aromatic rings. The van der Waals surface area contributed by atoms with E-state index in [1.165, 1.54) is 24.3 Å². The number of carbonyl (C=O) groups excluding carboxylic acids is 1. The Bertz CT molecular complexity index is 829. The predicted molar refractivity (Wildman–Crippen MR) is 86.9 cm³/mol. The van der Waals surface area contributed by atoms with Gasteiger partial charge in [0, 0.05) is 11.6 Å². The van der Waals surface area contributed by atoms with E-state index in [9.17, 15) is 9.18 Å². The number of nitrogens with one attached hydrogen (secondary N) is 1. The van der Waals surface area contributed by atoms with Crippen LogP contribution in [0.3, 0.4) is 0 Å². The van der Waals surface area contributed by atoms with Gasteiger partial charge in [-0.05, 0) is 43.3 Å². The number of rotatable bonds is 4. The number of anilines is 1. The monoisotopic (exact) mass is 310 g/mol. The second kappa shape index (κ2) is 6.44. The van der Waals surface area contributed by atoms with Gasteiger partial charge in [-0.3, -0.25) is 9.78 Å². The summed E-state index contributed by atoms with van der Waals surface area (Å²) in [6, 6.07) is 14.9. The third-order valence-electron chi connectivity index (χ3n) is 3.39. The zero-order valence-corrected chi connectivity index (χ0v) is 12.5. The number of benzene rings is 2. The first kappa shape index (κ1) is 15.0. The number of fused-ring (bicyclic) bond motifs is 1. The fourth-order valence-electron chi connectivity index (χ4n) is 2.21. The van der Waals surface area contributed by atoms with Crippen molar-refractivity contribution in [2.45, 2.75) is 13.0 Å². The van der Waals surface area contributed by atoms with Crippen LogP contribution >= 0.6 is 0 Å². The molecular weight excluding hydrogens is 295 g/mol. The van der Waals surface area contributed by atoms with E-state index in [4.69, 9.17) is 4.74 Å². The maximum atomic E-state index is 12.9. The highest BCUT2D eigenvalue weighted by molar-refractivity contribution is 6.01. The molecule has 0 bridgehead atoms. The van der Waals surface area contributed by atoms with Gasteiger partial charge in [-0.1, -0.05) is 18.2 Å². The van der Waals surface area contributed by atoms with Gasteiger partial charge >= 0.3 is 0 Å². The van der Waals surface area contributed by atoms with Gasteiger partial charge in [0.05, 0.1) is 11.2 Å². The molecule has 1 amide bonds. The van der Waals surface area contributed by atoms with Crippen molar-refractivity contribution in [3.8, 4) is 5.75 Å². The Kier molecular flexibility index (Phi) is 4.19. The Morgan fingerprint density at radius 1 is 1.13 bits per heavy atom. The summed E-state index contributed by atoms with van der Waals surface area (Å²) >= 11 is 0. The van der Waals surface area contributed by atoms with E-state index in [1.54, 1.807) is 19.2 Å². The largest absolute Gasteiger partial charge is 0.481 e. The van der Waals surface area contributed by atoms with Crippen molar-refractivity contribution >= 4 is 22.5 Å². The molecule has 0 aliphatic carbocycles. The number of hydrogen-bond donors (Lipinski definition) is 1. The quantitative estimate of drug-likeness (QED) is 0.798. The lowest BCUT2D eigenvalue weighted by Crippen LogP contribution is -2.30. The van der Waals surface area contributed by atoms with E-state index >= 15 is 0 Å². The molecule has 0 fully saturated rings. The van der Waals surface area contributed by atoms with Gasteiger partial charge in [-0.2, -0.15) is 0 Å². The van der Waals surface area contributed by atoms with Gasteiger partial charge in [0.15, 0.2) is 6.10 Å². The number of halogens is 1. The highest BCUT2D eigenvalue weighted by Gasteiger charge is 2.16. The average molecular weight is 310 g/mol. The zero-order chi connectivity index (χ0) is 16.2. The van der Waals surface area contributed by atoms with Crippen molar-refractivity contribution in [3.63, 3.8) is 0 Å². The van der Waals surface area contributed by atoms with Gasteiger partial charge in [0.2, 0.25) is 0 Å². The maximum Gasteiger partial charge on any atom is 0.265 e. The Morgan fingerprint density at radius 3 is 2.65 bits per heavy atom. The fraction of sp³-hybridized carbons (Fsp3) is 0.111. The fourth-order valence-corrected chi connectivity index (χ4v) is 2.21. The molecule has 1 N–H and O–H groups in total. The van der Waals surface area contributed by atoms with Crippen molar-refractivity contribution in [1.29, 1.82) is 0 Å². The number of hydrogen-bond acceptors (Lipinski definition) is 3. The highest BCUT2D eigenvalue weighted by atomic mass is 19.1. The topological polar surface area (TPSA) is 51.2 Å². The number of pyridine rings is 1. The molecule has 0 aliphatic rings. The summed E-state index contributed by atoms with van der Waals surface area (Å²) in [5.41, 5.74) is 1.35. The van der Waals surface area contributed by atoms with Crippen molar-refractivity contribution in [2.24, 2.45) is 0 Å². The molecule has 0 radical (unpaired) electrons. The molecule has 0 saturated heterocycles. The second-order valence-electron chi connectivity index (χ2n) is 5.08. The standard InChI is InChI=1S/C18H15FN2O2/c1-12(23-15-9-7-14(19)8-10-15)18(22)21-16-6-2-4-13-5-3-11-20-17(13)16/h2-12H,1H3,(H,21,22). The van der Waals surface area contributed by atoms with Gasteiger partial charge < -0.3 is 10.1 Å². The summed E-state index contributed by atoms with van der Waals surface area (Å²) in [7, 11) is 0. The zero-order valence-electron chi connectivity index (χ0n) is 12.5. The molecule has 0 saturated carbocycles. The SMILES string of the molecule is CC(Oc1ccc(F)cc1)C(=O)Nc1cccc2cccnc12. The summed E-state index contributed by atoms with van der Waals surface area (Å²) in [6.45, 7) is 1.64. The molecule has 116 valence electrons. The van der Waals surface area contributed by atoms with E-state index < -0.39 is 6.10 Å². The molecule has 3 rings (SSSR count). The van der Waals surface area contributed by atoms with Crippen LogP contribution in [0.25, 0.3) is 10.9 Å². The van der Waals surface area contributed by atoms with Gasteiger partial charge in [0.25, 0.3) is 5.91 Å². The number of carbonyl (C=O) groups is 1. The minimum absolute atomic E-state index is 0.299. The lowest BCUT2D eigenvalue weighted by atomic mass is 10.2. The van der Waals surface area contributed by atoms with Crippen LogP contribution in [0.4, 0.5) is 10.1 Å². The molecule has 5 heteroatoms. The van der Waals surface area contributed by atoms with E-state index in [-0.39, 0.29) is 11.7 Å². The van der Waals surface area contributed by atoms with Crippen molar-refractivity contribution in [1.82, 2.24) is 4.98 Å². The van der Waals surface area contributed by atoms with Crippen LogP contribution < -0.4 is 10.1 Å². The Morgan fingerprint density at radius 2 is 1.87 bits per heavy atom. The third-order valence-corrected chi connectivity index (χ3v) is 3.39. The first-order chi connectivity index (χ1) is 11.1. The number of aromatic nitrogens is 1. The van der Waals surface area contributed by atoms with Crippen LogP contribution in [-0.4, -0.2) is 17.0 Å². The van der Waals surface area contributed by atoms with Gasteiger partial charge in [0.1, 0.15) is 11.6 Å². The first-order valence-electron chi connectivity index (χ1n) is 7.20. The van der Waals surface area contributed by atoms with Crippen LogP contribution in [0, 0.1) is 5.82 Å². The van der Waals surface area contributed by atoms with E-state index in [2.05, 4.69) is 10.3 Å². The number of para-hydroxylation sites is 1. The first-order valence-corrected chi connectivity index (χ1v) is 7.20. The second-order valence-corrected chi connectivity index (χ2v) is 5.08. The molecule has 0 spiro atoms. The molecular formula is C18H15FN2O2. The summed E-state index contributed by atoms with van der Waals surface area (Å²) in [4.78, 5) is 16.6. The van der Waals surface area contributed by atoms with Crippen LogP contribution in [-0.2, 0) is 4.79 Å². The predicted octanol–water partition coefficient (Wildman–Crippen LogP) is 3.78. The van der Waals surface area contributed by atoms with E-state index in [0.29, 0.717) is 11.4 Å². The minimum atomic E-state index is -0.723. The molecule has 1 heterocycles. The molecule has 4 nitrogen and oxygen atoms in total. The van der Waals surface area contributed by atoms with Gasteiger partial charge in [-0.25, -0.2) is 4.39 Å². The molecule has 1 unspecified atom stereocenters. The van der Waals surface area contributed by atoms with Crippen LogP contribution in [0.1, 0.15) is 6.92 Å². The number of amides is 1. The van der Waals surface area contributed by atoms with Crippen LogP contribution in [0.2, 0.25) is 0 Å². The van der Waals surface area contributed by atoms with E-state index in [0.717, 1.165) is 10.9 Å². The van der Waals surface area contributed by atoms with E-state index in [1.807, 2.05) is 24.3 Å².